The number of carbonyl (C=O) groups excluding carboxylic acids is 1. The number of piperidine rings is 1. The largest absolute Gasteiger partial charge is 0.489 e. The van der Waals surface area contributed by atoms with E-state index in [1.165, 1.54) is 6.20 Å². The number of ketones is 1. The third kappa shape index (κ3) is 4.26. The predicted molar refractivity (Wildman–Crippen MR) is 140 cm³/mol. The summed E-state index contributed by atoms with van der Waals surface area (Å²) in [6.45, 7) is 4.72. The van der Waals surface area contributed by atoms with Crippen LogP contribution in [0, 0.1) is 11.3 Å². The summed E-state index contributed by atoms with van der Waals surface area (Å²) in [4.78, 5) is 24.4. The molecule has 2 unspecified atom stereocenters. The monoisotopic (exact) mass is 509 g/mol. The molecule has 3 fully saturated rings. The van der Waals surface area contributed by atoms with Gasteiger partial charge in [-0.3, -0.25) is 15.1 Å². The van der Waals surface area contributed by atoms with Crippen molar-refractivity contribution in [3.05, 3.63) is 72.4 Å². The molecule has 38 heavy (non-hydrogen) atoms. The van der Waals surface area contributed by atoms with Gasteiger partial charge in [0.25, 0.3) is 0 Å². The number of carbonyl (C=O) groups is 1. The van der Waals surface area contributed by atoms with Crippen molar-refractivity contribution in [2.24, 2.45) is 0 Å². The van der Waals surface area contributed by atoms with E-state index in [1.807, 2.05) is 24.3 Å². The molecule has 2 N–H and O–H groups in total. The topological polar surface area (TPSA) is 129 Å². The van der Waals surface area contributed by atoms with Crippen LogP contribution in [0.25, 0.3) is 16.6 Å². The molecule has 0 aromatic carbocycles. The summed E-state index contributed by atoms with van der Waals surface area (Å²) in [5, 5.41) is 27.5. The molecule has 0 radical (unpaired) electrons. The van der Waals surface area contributed by atoms with E-state index >= 15 is 0 Å². The molecule has 7 rings (SSSR count). The summed E-state index contributed by atoms with van der Waals surface area (Å²) in [7, 11) is 0. The molecule has 0 amide bonds. The van der Waals surface area contributed by atoms with Gasteiger partial charge in [0.05, 0.1) is 29.1 Å². The Morgan fingerprint density at radius 3 is 2.82 bits per heavy atom. The Morgan fingerprint density at radius 2 is 2.13 bits per heavy atom. The number of nitrogens with one attached hydrogen (secondary N) is 1. The molecular weight excluding hydrogens is 482 g/mol. The summed E-state index contributed by atoms with van der Waals surface area (Å²) in [6, 6.07) is 13.5. The molecule has 10 nitrogen and oxygen atoms in total. The molecule has 192 valence electrons. The van der Waals surface area contributed by atoms with E-state index < -0.39 is 11.1 Å². The van der Waals surface area contributed by atoms with Gasteiger partial charge in [-0.05, 0) is 50.6 Å². The van der Waals surface area contributed by atoms with E-state index in [-0.39, 0.29) is 18.4 Å². The molecule has 2 atom stereocenters. The number of hydrogen-bond donors (Lipinski definition) is 2. The second-order valence-electron chi connectivity index (χ2n) is 10.6. The molecule has 3 aliphatic heterocycles. The lowest BCUT2D eigenvalue weighted by atomic mass is 9.73. The highest BCUT2D eigenvalue weighted by atomic mass is 16.5. The number of ether oxygens (including phenoxy) is 1. The predicted octanol–water partition coefficient (Wildman–Crippen LogP) is 2.62. The van der Waals surface area contributed by atoms with Crippen molar-refractivity contribution in [3.8, 4) is 22.9 Å². The molecule has 3 aliphatic rings. The number of nitriles is 1. The fourth-order valence-electron chi connectivity index (χ4n) is 5.28. The van der Waals surface area contributed by atoms with Crippen LogP contribution in [0.4, 0.5) is 5.82 Å². The van der Waals surface area contributed by atoms with Crippen LogP contribution in [-0.2, 0) is 0 Å². The van der Waals surface area contributed by atoms with Crippen molar-refractivity contribution in [3.63, 3.8) is 0 Å². The molecule has 2 bridgehead atoms. The average molecular weight is 510 g/mol. The van der Waals surface area contributed by atoms with Crippen molar-refractivity contribution >= 4 is 17.1 Å². The van der Waals surface area contributed by atoms with Crippen molar-refractivity contribution in [1.29, 1.82) is 5.26 Å². The van der Waals surface area contributed by atoms with E-state index in [1.54, 1.807) is 49.1 Å². The van der Waals surface area contributed by atoms with Crippen molar-refractivity contribution in [2.75, 3.05) is 24.6 Å². The highest BCUT2D eigenvalue weighted by Crippen LogP contribution is 2.37. The van der Waals surface area contributed by atoms with Gasteiger partial charge in [0.2, 0.25) is 5.78 Å². The number of pyridine rings is 3. The maximum atomic E-state index is 13.2. The fourth-order valence-corrected chi connectivity index (χ4v) is 5.28. The average Bonchev–Trinajstić information content (AvgIpc) is 3.34. The first-order valence-electron chi connectivity index (χ1n) is 12.5. The van der Waals surface area contributed by atoms with Crippen LogP contribution in [0.2, 0.25) is 0 Å². The lowest BCUT2D eigenvalue weighted by Crippen LogP contribution is -2.78. The third-order valence-electron chi connectivity index (χ3n) is 6.99. The number of hydrogen-bond acceptors (Lipinski definition) is 9. The van der Waals surface area contributed by atoms with Crippen LogP contribution in [-0.4, -0.2) is 67.4 Å². The van der Waals surface area contributed by atoms with Gasteiger partial charge >= 0.3 is 0 Å². The number of Topliss-reactive ketones (excluding diaryl/α,β-unsaturated/α-hetero) is 1. The Balaban J connectivity index is 1.29. The number of aromatic nitrogens is 4. The van der Waals surface area contributed by atoms with Gasteiger partial charge in [-0.25, -0.2) is 9.50 Å². The Kier molecular flexibility index (Phi) is 5.63. The summed E-state index contributed by atoms with van der Waals surface area (Å²) in [6.07, 6.45) is 7.40. The van der Waals surface area contributed by atoms with E-state index in [4.69, 9.17) is 9.72 Å². The number of anilines is 1. The van der Waals surface area contributed by atoms with Gasteiger partial charge in [0, 0.05) is 42.7 Å². The van der Waals surface area contributed by atoms with Gasteiger partial charge < -0.3 is 14.7 Å². The third-order valence-corrected chi connectivity index (χ3v) is 6.99. The van der Waals surface area contributed by atoms with Crippen LogP contribution in [0.15, 0.2) is 61.2 Å². The lowest BCUT2D eigenvalue weighted by Gasteiger charge is -2.56. The summed E-state index contributed by atoms with van der Waals surface area (Å²) >= 11 is 0. The molecule has 0 spiro atoms. The number of aliphatic hydroxyl groups is 1. The Hall–Kier alpha value is -4.33. The van der Waals surface area contributed by atoms with Crippen LogP contribution < -0.4 is 15.0 Å². The van der Waals surface area contributed by atoms with Gasteiger partial charge in [0.15, 0.2) is 0 Å². The highest BCUT2D eigenvalue weighted by molar-refractivity contribution is 6.03. The van der Waals surface area contributed by atoms with Gasteiger partial charge in [-0.1, -0.05) is 6.07 Å². The number of fused-ring (bicyclic) bond motifs is 3. The summed E-state index contributed by atoms with van der Waals surface area (Å²) in [5.41, 5.74) is 1.44. The molecular formula is C28H27N7O3. The molecule has 10 heteroatoms. The Bertz CT molecular complexity index is 1550. The molecule has 4 aromatic rings. The van der Waals surface area contributed by atoms with E-state index in [0.717, 1.165) is 29.9 Å². The molecule has 0 saturated carbocycles. The number of nitrogens with zero attached hydrogens (tertiary/aromatic N) is 6. The summed E-state index contributed by atoms with van der Waals surface area (Å²) in [5.74, 6) is 1.30. The van der Waals surface area contributed by atoms with Crippen molar-refractivity contribution in [2.45, 2.75) is 37.5 Å². The highest BCUT2D eigenvalue weighted by Gasteiger charge is 2.55. The zero-order valence-electron chi connectivity index (χ0n) is 21.1. The fraction of sp³-hybridized carbons (Fsp3) is 0.321. The Morgan fingerprint density at radius 1 is 1.29 bits per heavy atom. The maximum Gasteiger partial charge on any atom is 0.203 e. The van der Waals surface area contributed by atoms with Crippen LogP contribution in [0.5, 0.6) is 5.75 Å². The second kappa shape index (κ2) is 8.90. The number of rotatable bonds is 7. The van der Waals surface area contributed by atoms with Crippen LogP contribution >= 0.6 is 0 Å². The smallest absolute Gasteiger partial charge is 0.203 e. The molecule has 0 aliphatic carbocycles. The van der Waals surface area contributed by atoms with Gasteiger partial charge in [0.1, 0.15) is 35.5 Å². The zero-order valence-corrected chi connectivity index (χ0v) is 21.1. The minimum atomic E-state index is -1.00. The first-order valence-corrected chi connectivity index (χ1v) is 12.5. The summed E-state index contributed by atoms with van der Waals surface area (Å²) < 4.78 is 7.43. The zero-order chi connectivity index (χ0) is 26.5. The van der Waals surface area contributed by atoms with Crippen LogP contribution in [0.3, 0.4) is 0 Å². The standard InChI is InChI=1S/C28H27N7O3/c1-27(2,37)17-38-21-9-22(25-19(11-29)13-32-35(25)15-21)18-6-7-24(31-12-18)34-14-20-10-28(16-34,33-20)26(36)23-5-3-4-8-30-23/h3-9,12-13,15,20,33,37H,10,14,16-17H2,1-2H3. The SMILES string of the molecule is CC(C)(O)COc1cc(-c2ccc(N3CC4CC(C(=O)c5ccccn5)(C3)N4)nc2)c2c(C#N)cnn2c1. The molecule has 3 saturated heterocycles. The van der Waals surface area contributed by atoms with E-state index in [9.17, 15) is 15.2 Å². The van der Waals surface area contributed by atoms with E-state index in [2.05, 4.69) is 26.4 Å². The normalized spacial score (nSPS) is 20.6. The quantitative estimate of drug-likeness (QED) is 0.361. The first kappa shape index (κ1) is 24.0. The van der Waals surface area contributed by atoms with Gasteiger partial charge in [-0.2, -0.15) is 10.4 Å². The lowest BCUT2D eigenvalue weighted by molar-refractivity contribution is 0.0283. The maximum absolute atomic E-state index is 13.2. The van der Waals surface area contributed by atoms with Crippen molar-refractivity contribution in [1.82, 2.24) is 24.9 Å². The molecule has 7 heterocycles. The van der Waals surface area contributed by atoms with Crippen molar-refractivity contribution < 1.29 is 14.6 Å². The van der Waals surface area contributed by atoms with Crippen LogP contribution in [0.1, 0.15) is 36.3 Å². The second-order valence-corrected chi connectivity index (χ2v) is 10.6. The minimum Gasteiger partial charge on any atom is -0.489 e. The Labute approximate surface area is 219 Å². The number of piperazine rings is 1. The minimum absolute atomic E-state index is 0.00528. The van der Waals surface area contributed by atoms with E-state index in [0.29, 0.717) is 29.1 Å². The van der Waals surface area contributed by atoms with Gasteiger partial charge in [-0.15, -0.1) is 0 Å². The first-order chi connectivity index (χ1) is 18.2. The molecule has 4 aromatic heterocycles.